The Kier molecular flexibility index (Phi) is 4.44. The summed E-state index contributed by atoms with van der Waals surface area (Å²) < 4.78 is 24.2. The van der Waals surface area contributed by atoms with Gasteiger partial charge in [0, 0.05) is 12.1 Å². The van der Waals surface area contributed by atoms with Gasteiger partial charge < -0.3 is 23.7 Å². The molecule has 30 heavy (non-hydrogen) atoms. The van der Waals surface area contributed by atoms with Crippen molar-refractivity contribution in [2.45, 2.75) is 6.61 Å². The summed E-state index contributed by atoms with van der Waals surface area (Å²) in [6, 6.07) is 12.4. The van der Waals surface area contributed by atoms with Crippen LogP contribution >= 0.6 is 11.3 Å². The van der Waals surface area contributed by atoms with E-state index in [-0.39, 0.29) is 5.75 Å². The maximum absolute atomic E-state index is 9.66. The molecule has 0 radical (unpaired) electrons. The van der Waals surface area contributed by atoms with E-state index < -0.39 is 0 Å². The first-order valence-corrected chi connectivity index (χ1v) is 9.87. The molecule has 0 aliphatic rings. The fourth-order valence-electron chi connectivity index (χ4n) is 3.14. The van der Waals surface area contributed by atoms with Crippen LogP contribution in [0.4, 0.5) is 0 Å². The van der Waals surface area contributed by atoms with E-state index in [1.54, 1.807) is 49.2 Å². The average Bonchev–Trinajstić information content (AvgIpc) is 3.44. The van der Waals surface area contributed by atoms with Crippen molar-refractivity contribution in [3.63, 3.8) is 0 Å². The number of rotatable bonds is 6. The van der Waals surface area contributed by atoms with E-state index in [9.17, 15) is 5.11 Å². The van der Waals surface area contributed by atoms with Gasteiger partial charge in [0.05, 0.1) is 25.8 Å². The number of aromatic hydroxyl groups is 1. The van der Waals surface area contributed by atoms with Crippen molar-refractivity contribution in [2.75, 3.05) is 14.2 Å². The van der Waals surface area contributed by atoms with Crippen LogP contribution < -0.4 is 14.2 Å². The van der Waals surface area contributed by atoms with Crippen molar-refractivity contribution in [2.24, 2.45) is 0 Å². The lowest BCUT2D eigenvalue weighted by molar-refractivity contribution is 0.306. The third-order valence-corrected chi connectivity index (χ3v) is 5.45. The second-order valence-corrected chi connectivity index (χ2v) is 7.45. The molecule has 0 spiro atoms. The fourth-order valence-corrected chi connectivity index (χ4v) is 3.84. The zero-order chi connectivity index (χ0) is 20.7. The van der Waals surface area contributed by atoms with Crippen molar-refractivity contribution < 1.29 is 23.7 Å². The third-order valence-electron chi connectivity index (χ3n) is 4.57. The Hall–Kier alpha value is -3.72. The molecule has 3 heterocycles. The highest BCUT2D eigenvalue weighted by atomic mass is 32.1. The minimum absolute atomic E-state index is 0.197. The molecule has 0 aliphatic carbocycles. The van der Waals surface area contributed by atoms with Crippen LogP contribution in [0.2, 0.25) is 0 Å². The van der Waals surface area contributed by atoms with E-state index in [1.807, 2.05) is 18.2 Å². The van der Waals surface area contributed by atoms with E-state index in [2.05, 4.69) is 10.1 Å². The first-order chi connectivity index (χ1) is 14.6. The largest absolute Gasteiger partial charge is 0.508 e. The summed E-state index contributed by atoms with van der Waals surface area (Å²) in [6.45, 7) is 0.293. The van der Waals surface area contributed by atoms with Gasteiger partial charge in [-0.2, -0.15) is 0 Å². The molecule has 5 aromatic rings. The molecule has 2 aromatic carbocycles. The maximum atomic E-state index is 9.66. The number of hydrogen-bond acceptors (Lipinski definition) is 8. The van der Waals surface area contributed by atoms with Gasteiger partial charge in [0.1, 0.15) is 35.1 Å². The minimum Gasteiger partial charge on any atom is -0.508 e. The summed E-state index contributed by atoms with van der Waals surface area (Å²) in [5.74, 6) is 2.02. The van der Waals surface area contributed by atoms with Gasteiger partial charge in [-0.1, -0.05) is 12.1 Å². The highest BCUT2D eigenvalue weighted by molar-refractivity contribution is 7.18. The van der Waals surface area contributed by atoms with Gasteiger partial charge in [0.2, 0.25) is 4.96 Å². The molecule has 0 atom stereocenters. The van der Waals surface area contributed by atoms with Gasteiger partial charge in [0.15, 0.2) is 5.76 Å². The van der Waals surface area contributed by atoms with Crippen LogP contribution in [0.15, 0.2) is 53.1 Å². The van der Waals surface area contributed by atoms with Crippen molar-refractivity contribution in [1.29, 1.82) is 0 Å². The van der Waals surface area contributed by atoms with Gasteiger partial charge in [-0.05, 0) is 35.1 Å². The highest BCUT2D eigenvalue weighted by Gasteiger charge is 2.17. The number of fused-ring (bicyclic) bond motifs is 2. The number of aromatic nitrogens is 3. The standard InChI is InChI=1S/C21H17N3O5S/c1-26-14-7-17(28-11-12-4-3-5-13(25)6-12)15-9-19(29-18(15)8-14)16-10-24-20(22-16)30-21(23-24)27-2/h3-10,25H,11H2,1-2H3. The van der Waals surface area contributed by atoms with Crippen molar-refractivity contribution in [3.05, 3.63) is 54.2 Å². The Morgan fingerprint density at radius 2 is 2.03 bits per heavy atom. The van der Waals surface area contributed by atoms with E-state index in [0.717, 1.165) is 10.9 Å². The Labute approximate surface area is 174 Å². The summed E-state index contributed by atoms with van der Waals surface area (Å²) in [6.07, 6.45) is 1.79. The number of phenols is 1. The number of benzene rings is 2. The second kappa shape index (κ2) is 7.27. The van der Waals surface area contributed by atoms with Crippen LogP contribution in [-0.4, -0.2) is 33.9 Å². The Balaban J connectivity index is 1.51. The summed E-state index contributed by atoms with van der Waals surface area (Å²) in [7, 11) is 3.16. The number of nitrogens with zero attached hydrogens (tertiary/aromatic N) is 3. The number of hydrogen-bond donors (Lipinski definition) is 1. The summed E-state index contributed by atoms with van der Waals surface area (Å²) in [5, 5.41) is 15.3. The number of methoxy groups -OCH3 is 2. The fraction of sp³-hybridized carbons (Fsp3) is 0.143. The van der Waals surface area contributed by atoms with E-state index in [1.165, 1.54) is 11.3 Å². The molecule has 0 amide bonds. The number of furan rings is 1. The molecule has 5 rings (SSSR count). The monoisotopic (exact) mass is 423 g/mol. The Morgan fingerprint density at radius 1 is 1.13 bits per heavy atom. The van der Waals surface area contributed by atoms with Gasteiger partial charge in [-0.15, -0.1) is 5.10 Å². The predicted molar refractivity (Wildman–Crippen MR) is 112 cm³/mol. The molecule has 1 N–H and O–H groups in total. The molecule has 0 aliphatic heterocycles. The topological polar surface area (TPSA) is 91.2 Å². The lowest BCUT2D eigenvalue weighted by Gasteiger charge is -2.09. The smallest absolute Gasteiger partial charge is 0.294 e. The third kappa shape index (κ3) is 3.29. The molecule has 152 valence electrons. The van der Waals surface area contributed by atoms with Crippen LogP contribution in [-0.2, 0) is 6.61 Å². The normalized spacial score (nSPS) is 11.3. The Bertz CT molecular complexity index is 1320. The molecule has 0 fully saturated rings. The van der Waals surface area contributed by atoms with Crippen LogP contribution in [0, 0.1) is 0 Å². The van der Waals surface area contributed by atoms with E-state index in [0.29, 0.717) is 45.3 Å². The lowest BCUT2D eigenvalue weighted by Crippen LogP contribution is -1.96. The summed E-state index contributed by atoms with van der Waals surface area (Å²) in [4.78, 5) is 5.28. The molecule has 9 heteroatoms. The minimum atomic E-state index is 0.197. The first-order valence-electron chi connectivity index (χ1n) is 9.06. The lowest BCUT2D eigenvalue weighted by atomic mass is 10.2. The average molecular weight is 423 g/mol. The summed E-state index contributed by atoms with van der Waals surface area (Å²) in [5.41, 5.74) is 2.13. The second-order valence-electron chi connectivity index (χ2n) is 6.53. The molecule has 3 aromatic heterocycles. The molecule has 0 unspecified atom stereocenters. The zero-order valence-corrected chi connectivity index (χ0v) is 17.0. The van der Waals surface area contributed by atoms with Gasteiger partial charge in [-0.25, -0.2) is 9.50 Å². The summed E-state index contributed by atoms with van der Waals surface area (Å²) >= 11 is 1.35. The SMILES string of the molecule is COc1cc(OCc2cccc(O)c2)c2cc(-c3cn4nc(OC)sc4n3)oc2c1. The van der Waals surface area contributed by atoms with E-state index in [4.69, 9.17) is 18.6 Å². The molecular formula is C21H17N3O5S. The van der Waals surface area contributed by atoms with Gasteiger partial charge >= 0.3 is 0 Å². The number of imidazole rings is 1. The van der Waals surface area contributed by atoms with Crippen LogP contribution in [0.5, 0.6) is 22.4 Å². The molecule has 0 bridgehead atoms. The predicted octanol–water partition coefficient (Wildman–Crippen LogP) is 4.51. The van der Waals surface area contributed by atoms with Crippen LogP contribution in [0.25, 0.3) is 27.4 Å². The van der Waals surface area contributed by atoms with E-state index >= 15 is 0 Å². The van der Waals surface area contributed by atoms with Crippen molar-refractivity contribution >= 4 is 27.3 Å². The van der Waals surface area contributed by atoms with Crippen LogP contribution in [0.1, 0.15) is 5.56 Å². The number of phenolic OH excluding ortho intramolecular Hbond substituents is 1. The molecule has 0 saturated carbocycles. The molecule has 8 nitrogen and oxygen atoms in total. The molecular weight excluding hydrogens is 406 g/mol. The van der Waals surface area contributed by atoms with Crippen molar-refractivity contribution in [1.82, 2.24) is 14.6 Å². The highest BCUT2D eigenvalue weighted by Crippen LogP contribution is 2.37. The molecule has 0 saturated heterocycles. The first kappa shape index (κ1) is 18.3. The Morgan fingerprint density at radius 3 is 2.80 bits per heavy atom. The van der Waals surface area contributed by atoms with Gasteiger partial charge in [-0.3, -0.25) is 0 Å². The van der Waals surface area contributed by atoms with Crippen LogP contribution in [0.3, 0.4) is 0 Å². The maximum Gasteiger partial charge on any atom is 0.294 e. The van der Waals surface area contributed by atoms with Crippen molar-refractivity contribution in [3.8, 4) is 33.9 Å². The van der Waals surface area contributed by atoms with Gasteiger partial charge in [0.25, 0.3) is 5.19 Å². The zero-order valence-electron chi connectivity index (χ0n) is 16.2. The quantitative estimate of drug-likeness (QED) is 0.430. The number of ether oxygens (including phenoxy) is 3.